The number of halogens is 1. The normalized spacial score (nSPS) is 11.2. The third-order valence-corrected chi connectivity index (χ3v) is 4.96. The Balaban J connectivity index is 1.48. The number of furan rings is 1. The van der Waals surface area contributed by atoms with Crippen LogP contribution in [0.1, 0.15) is 21.7 Å². The van der Waals surface area contributed by atoms with Gasteiger partial charge in [-0.25, -0.2) is 5.43 Å². The van der Waals surface area contributed by atoms with Crippen molar-refractivity contribution in [2.45, 2.75) is 6.92 Å². The molecule has 0 aliphatic carbocycles. The highest BCUT2D eigenvalue weighted by atomic mass is 35.5. The maximum absolute atomic E-state index is 12.4. The topological polar surface area (TPSA) is 74.8 Å². The highest BCUT2D eigenvalue weighted by molar-refractivity contribution is 6.31. The molecule has 1 aromatic heterocycles. The van der Waals surface area contributed by atoms with Crippen LogP contribution in [0.5, 0.6) is 5.75 Å². The van der Waals surface area contributed by atoms with Crippen molar-refractivity contribution in [2.24, 2.45) is 5.10 Å². The Labute approximate surface area is 172 Å². The molecule has 144 valence electrons. The minimum atomic E-state index is -0.512. The largest absolute Gasteiger partial charge is 0.507 e. The van der Waals surface area contributed by atoms with Crippen LogP contribution in [0, 0.1) is 6.92 Å². The van der Waals surface area contributed by atoms with Crippen LogP contribution in [0.25, 0.3) is 22.1 Å². The second kappa shape index (κ2) is 7.81. The fourth-order valence-corrected chi connectivity index (χ4v) is 3.13. The molecule has 0 saturated heterocycles. The van der Waals surface area contributed by atoms with Crippen molar-refractivity contribution in [2.75, 3.05) is 0 Å². The molecule has 6 heteroatoms. The summed E-state index contributed by atoms with van der Waals surface area (Å²) in [5.41, 5.74) is 4.40. The number of hydrogen-bond donors (Lipinski definition) is 2. The van der Waals surface area contributed by atoms with Crippen molar-refractivity contribution in [1.82, 2.24) is 5.43 Å². The zero-order valence-corrected chi connectivity index (χ0v) is 16.3. The first-order chi connectivity index (χ1) is 14.0. The molecule has 0 fully saturated rings. The fraction of sp³-hybridized carbons (Fsp3) is 0.0435. The second-order valence-corrected chi connectivity index (χ2v) is 6.99. The molecule has 0 saturated carbocycles. The first-order valence-electron chi connectivity index (χ1n) is 8.93. The van der Waals surface area contributed by atoms with Gasteiger partial charge in [-0.15, -0.1) is 0 Å². The maximum atomic E-state index is 12.4. The van der Waals surface area contributed by atoms with Gasteiger partial charge in [-0.1, -0.05) is 48.0 Å². The summed E-state index contributed by atoms with van der Waals surface area (Å²) in [5.74, 6) is 0.501. The molecule has 0 spiro atoms. The molecule has 5 nitrogen and oxygen atoms in total. The van der Waals surface area contributed by atoms with Gasteiger partial charge in [0.05, 0.1) is 11.8 Å². The molecule has 0 aliphatic rings. The first-order valence-corrected chi connectivity index (χ1v) is 9.30. The minimum absolute atomic E-state index is 0.104. The Morgan fingerprint density at radius 3 is 2.59 bits per heavy atom. The van der Waals surface area contributed by atoms with Crippen LogP contribution in [0.4, 0.5) is 0 Å². The Morgan fingerprint density at radius 2 is 1.83 bits per heavy atom. The predicted octanol–water partition coefficient (Wildman–Crippen LogP) is 5.53. The number of hydrazone groups is 1. The van der Waals surface area contributed by atoms with Gasteiger partial charge < -0.3 is 9.52 Å². The molecule has 0 bridgehead atoms. The van der Waals surface area contributed by atoms with Gasteiger partial charge in [-0.05, 0) is 53.6 Å². The summed E-state index contributed by atoms with van der Waals surface area (Å²) in [5, 5.41) is 16.4. The van der Waals surface area contributed by atoms with Gasteiger partial charge in [0.25, 0.3) is 5.91 Å². The Bertz CT molecular complexity index is 1240. The van der Waals surface area contributed by atoms with Gasteiger partial charge in [-0.2, -0.15) is 5.10 Å². The third-order valence-electron chi connectivity index (χ3n) is 4.55. The monoisotopic (exact) mass is 404 g/mol. The van der Waals surface area contributed by atoms with E-state index in [4.69, 9.17) is 16.0 Å². The van der Waals surface area contributed by atoms with Crippen LogP contribution in [0.3, 0.4) is 0 Å². The van der Waals surface area contributed by atoms with Crippen LogP contribution in [0.15, 0.2) is 76.2 Å². The van der Waals surface area contributed by atoms with E-state index < -0.39 is 5.91 Å². The molecular weight excluding hydrogens is 388 g/mol. The Kier molecular flexibility index (Phi) is 5.06. The summed E-state index contributed by atoms with van der Waals surface area (Å²) in [7, 11) is 0. The molecule has 0 aliphatic heterocycles. The van der Waals surface area contributed by atoms with Crippen LogP contribution >= 0.6 is 11.6 Å². The number of benzene rings is 3. The lowest BCUT2D eigenvalue weighted by Crippen LogP contribution is -2.17. The number of rotatable bonds is 4. The molecule has 1 amide bonds. The van der Waals surface area contributed by atoms with Crippen molar-refractivity contribution in [3.63, 3.8) is 0 Å². The molecule has 0 atom stereocenters. The van der Waals surface area contributed by atoms with Crippen LogP contribution in [-0.4, -0.2) is 17.2 Å². The van der Waals surface area contributed by atoms with Crippen molar-refractivity contribution in [1.29, 1.82) is 0 Å². The molecule has 1 heterocycles. The summed E-state index contributed by atoms with van der Waals surface area (Å²) in [6.45, 7) is 1.93. The summed E-state index contributed by atoms with van der Waals surface area (Å²) in [4.78, 5) is 12.4. The molecule has 0 unspecified atom stereocenters. The standard InChI is InChI=1S/C23H17ClN2O3/c1-14-6-7-17(11-20(14)24)22-9-8-18(29-22)13-25-26-23(28)19-10-15-4-2-3-5-16(15)12-21(19)27/h2-13,27H,1H3,(H,26,28)/b25-13+. The lowest BCUT2D eigenvalue weighted by atomic mass is 10.1. The average molecular weight is 405 g/mol. The number of nitrogens with zero attached hydrogens (tertiary/aromatic N) is 1. The Hall–Kier alpha value is -3.57. The lowest BCUT2D eigenvalue weighted by Gasteiger charge is -2.05. The fourth-order valence-electron chi connectivity index (χ4n) is 2.95. The van der Waals surface area contributed by atoms with Crippen LogP contribution in [-0.2, 0) is 0 Å². The SMILES string of the molecule is Cc1ccc(-c2ccc(/C=N/NC(=O)c3cc4ccccc4cc3O)o2)cc1Cl. The molecule has 0 radical (unpaired) electrons. The highest BCUT2D eigenvalue weighted by Crippen LogP contribution is 2.27. The van der Waals surface area contributed by atoms with Crippen molar-refractivity contribution in [3.05, 3.63) is 88.6 Å². The van der Waals surface area contributed by atoms with Crippen molar-refractivity contribution in [3.8, 4) is 17.1 Å². The molecule has 29 heavy (non-hydrogen) atoms. The van der Waals surface area contributed by atoms with Crippen molar-refractivity contribution < 1.29 is 14.3 Å². The molecule has 4 aromatic rings. The highest BCUT2D eigenvalue weighted by Gasteiger charge is 2.12. The molecular formula is C23H17ClN2O3. The van der Waals surface area contributed by atoms with Crippen molar-refractivity contribution >= 4 is 34.5 Å². The van der Waals surface area contributed by atoms with Gasteiger partial charge in [0.2, 0.25) is 0 Å². The number of amides is 1. The quantitative estimate of drug-likeness (QED) is 0.347. The summed E-state index contributed by atoms with van der Waals surface area (Å²) in [6, 6.07) is 19.9. The van der Waals surface area contributed by atoms with E-state index in [0.29, 0.717) is 16.5 Å². The van der Waals surface area contributed by atoms with E-state index >= 15 is 0 Å². The van der Waals surface area contributed by atoms with E-state index in [-0.39, 0.29) is 11.3 Å². The lowest BCUT2D eigenvalue weighted by molar-refractivity contribution is 0.0952. The van der Waals surface area contributed by atoms with E-state index in [1.165, 1.54) is 6.21 Å². The number of carbonyl (C=O) groups excluding carboxylic acids is 1. The minimum Gasteiger partial charge on any atom is -0.507 e. The van der Waals surface area contributed by atoms with E-state index in [2.05, 4.69) is 10.5 Å². The zero-order valence-electron chi connectivity index (χ0n) is 15.5. The van der Waals surface area contributed by atoms with Gasteiger partial charge in [0.15, 0.2) is 0 Å². The Morgan fingerprint density at radius 1 is 1.07 bits per heavy atom. The smallest absolute Gasteiger partial charge is 0.275 e. The number of carbonyl (C=O) groups is 1. The maximum Gasteiger partial charge on any atom is 0.275 e. The first kappa shape index (κ1) is 18.8. The number of aryl methyl sites for hydroxylation is 1. The van der Waals surface area contributed by atoms with E-state index in [1.807, 2.05) is 49.4 Å². The number of aromatic hydroxyl groups is 1. The number of hydrogen-bond acceptors (Lipinski definition) is 4. The molecule has 4 rings (SSSR count). The number of fused-ring (bicyclic) bond motifs is 1. The zero-order chi connectivity index (χ0) is 20.4. The van der Waals surface area contributed by atoms with Gasteiger partial charge in [0, 0.05) is 10.6 Å². The van der Waals surface area contributed by atoms with Crippen LogP contribution in [0.2, 0.25) is 5.02 Å². The summed E-state index contributed by atoms with van der Waals surface area (Å²) >= 11 is 6.16. The number of phenols is 1. The van der Waals surface area contributed by atoms with E-state index in [0.717, 1.165) is 21.9 Å². The van der Waals surface area contributed by atoms with Crippen LogP contribution < -0.4 is 5.43 Å². The average Bonchev–Trinajstić information content (AvgIpc) is 3.18. The summed E-state index contributed by atoms with van der Waals surface area (Å²) < 4.78 is 5.72. The van der Waals surface area contributed by atoms with Gasteiger partial charge in [0.1, 0.15) is 17.3 Å². The number of phenolic OH excluding ortho intramolecular Hbond substituents is 1. The summed E-state index contributed by atoms with van der Waals surface area (Å²) in [6.07, 6.45) is 1.40. The van der Waals surface area contributed by atoms with E-state index in [9.17, 15) is 9.90 Å². The van der Waals surface area contributed by atoms with Gasteiger partial charge >= 0.3 is 0 Å². The van der Waals surface area contributed by atoms with E-state index in [1.54, 1.807) is 24.3 Å². The molecule has 3 aromatic carbocycles. The second-order valence-electron chi connectivity index (χ2n) is 6.58. The predicted molar refractivity (Wildman–Crippen MR) is 115 cm³/mol. The molecule has 2 N–H and O–H groups in total. The van der Waals surface area contributed by atoms with Gasteiger partial charge in [-0.3, -0.25) is 4.79 Å². The number of nitrogens with one attached hydrogen (secondary N) is 1. The third kappa shape index (κ3) is 4.00.